The van der Waals surface area contributed by atoms with E-state index in [0.717, 1.165) is 5.56 Å². The van der Waals surface area contributed by atoms with Crippen molar-refractivity contribution in [1.82, 2.24) is 0 Å². The van der Waals surface area contributed by atoms with Crippen LogP contribution in [0.1, 0.15) is 25.3 Å². The molecule has 1 aromatic rings. The van der Waals surface area contributed by atoms with Gasteiger partial charge in [-0.25, -0.2) is 4.39 Å². The van der Waals surface area contributed by atoms with Crippen molar-refractivity contribution >= 4 is 17.6 Å². The minimum Gasteiger partial charge on any atom is -0.466 e. The van der Waals surface area contributed by atoms with Crippen molar-refractivity contribution in [3.8, 4) is 0 Å². The second kappa shape index (κ2) is 7.34. The van der Waals surface area contributed by atoms with Gasteiger partial charge in [0.15, 0.2) is 0 Å². The van der Waals surface area contributed by atoms with Gasteiger partial charge in [-0.2, -0.15) is 0 Å². The van der Waals surface area contributed by atoms with Crippen molar-refractivity contribution < 1.29 is 13.9 Å². The molecule has 0 aliphatic heterocycles. The number of benzene rings is 1. The quantitative estimate of drug-likeness (QED) is 0.811. The standard InChI is InChI=1S/C13H17ClFNO2/c1-2-18-13(17)6-4-10(16)7-9-3-5-12(15)11(14)8-9/h3,5,8,10H,2,4,6-7,16H2,1H3. The van der Waals surface area contributed by atoms with E-state index in [0.29, 0.717) is 25.9 Å². The van der Waals surface area contributed by atoms with Crippen LogP contribution in [0.4, 0.5) is 4.39 Å². The molecule has 1 aromatic carbocycles. The normalized spacial score (nSPS) is 12.2. The first-order valence-electron chi connectivity index (χ1n) is 5.88. The van der Waals surface area contributed by atoms with Gasteiger partial charge >= 0.3 is 5.97 Å². The second-order valence-electron chi connectivity index (χ2n) is 4.06. The van der Waals surface area contributed by atoms with Crippen molar-refractivity contribution in [1.29, 1.82) is 0 Å². The van der Waals surface area contributed by atoms with Gasteiger partial charge in [-0.05, 0) is 37.5 Å². The van der Waals surface area contributed by atoms with Gasteiger partial charge in [-0.15, -0.1) is 0 Å². The molecule has 0 aliphatic carbocycles. The molecule has 0 spiro atoms. The van der Waals surface area contributed by atoms with E-state index in [4.69, 9.17) is 22.1 Å². The monoisotopic (exact) mass is 273 g/mol. The topological polar surface area (TPSA) is 52.3 Å². The summed E-state index contributed by atoms with van der Waals surface area (Å²) >= 11 is 5.68. The number of hydrogen-bond donors (Lipinski definition) is 1. The van der Waals surface area contributed by atoms with E-state index in [2.05, 4.69) is 0 Å². The molecule has 0 fully saturated rings. The summed E-state index contributed by atoms with van der Waals surface area (Å²) in [7, 11) is 0. The lowest BCUT2D eigenvalue weighted by molar-refractivity contribution is -0.143. The molecule has 0 saturated heterocycles. The Kier molecular flexibility index (Phi) is 6.09. The Morgan fingerprint density at radius 2 is 2.28 bits per heavy atom. The maximum atomic E-state index is 13.0. The zero-order valence-electron chi connectivity index (χ0n) is 10.3. The number of carbonyl (C=O) groups is 1. The average Bonchev–Trinajstić information content (AvgIpc) is 2.32. The number of nitrogens with two attached hydrogens (primary N) is 1. The molecule has 0 amide bonds. The highest BCUT2D eigenvalue weighted by molar-refractivity contribution is 6.30. The van der Waals surface area contributed by atoms with Crippen molar-refractivity contribution in [3.05, 3.63) is 34.6 Å². The van der Waals surface area contributed by atoms with Gasteiger partial charge < -0.3 is 10.5 Å². The molecule has 0 radical (unpaired) electrons. The number of ether oxygens (including phenoxy) is 1. The van der Waals surface area contributed by atoms with E-state index in [1.54, 1.807) is 19.1 Å². The van der Waals surface area contributed by atoms with Crippen LogP contribution < -0.4 is 5.73 Å². The van der Waals surface area contributed by atoms with Gasteiger partial charge in [0.05, 0.1) is 11.6 Å². The summed E-state index contributed by atoms with van der Waals surface area (Å²) in [5, 5.41) is 0.0880. The third-order valence-electron chi connectivity index (χ3n) is 2.51. The van der Waals surface area contributed by atoms with E-state index >= 15 is 0 Å². The summed E-state index contributed by atoms with van der Waals surface area (Å²) in [5.74, 6) is -0.689. The van der Waals surface area contributed by atoms with Crippen LogP contribution in [0.3, 0.4) is 0 Å². The van der Waals surface area contributed by atoms with Crippen LogP contribution in [0, 0.1) is 5.82 Å². The molecule has 1 atom stereocenters. The lowest BCUT2D eigenvalue weighted by Gasteiger charge is -2.11. The second-order valence-corrected chi connectivity index (χ2v) is 4.46. The molecule has 0 heterocycles. The fraction of sp³-hybridized carbons (Fsp3) is 0.462. The largest absolute Gasteiger partial charge is 0.466 e. The minimum atomic E-state index is -0.444. The highest BCUT2D eigenvalue weighted by Gasteiger charge is 2.09. The Labute approximate surface area is 111 Å². The van der Waals surface area contributed by atoms with Crippen molar-refractivity contribution in [2.75, 3.05) is 6.61 Å². The van der Waals surface area contributed by atoms with Gasteiger partial charge in [0, 0.05) is 12.5 Å². The lowest BCUT2D eigenvalue weighted by atomic mass is 10.0. The Bertz CT molecular complexity index is 412. The third kappa shape index (κ3) is 5.02. The van der Waals surface area contributed by atoms with Crippen LogP contribution in [0.5, 0.6) is 0 Å². The summed E-state index contributed by atoms with van der Waals surface area (Å²) in [6.45, 7) is 2.14. The first-order chi connectivity index (χ1) is 8.52. The fourth-order valence-electron chi connectivity index (χ4n) is 1.61. The molecule has 3 nitrogen and oxygen atoms in total. The van der Waals surface area contributed by atoms with Crippen molar-refractivity contribution in [3.63, 3.8) is 0 Å². The molecule has 1 rings (SSSR count). The third-order valence-corrected chi connectivity index (χ3v) is 2.80. The molecule has 0 aliphatic rings. The summed E-state index contributed by atoms with van der Waals surface area (Å²) < 4.78 is 17.8. The van der Waals surface area contributed by atoms with Crippen LogP contribution >= 0.6 is 11.6 Å². The maximum Gasteiger partial charge on any atom is 0.305 e. The van der Waals surface area contributed by atoms with Gasteiger partial charge in [0.1, 0.15) is 5.82 Å². The smallest absolute Gasteiger partial charge is 0.305 e. The van der Waals surface area contributed by atoms with E-state index in [9.17, 15) is 9.18 Å². The van der Waals surface area contributed by atoms with Gasteiger partial charge in [0.2, 0.25) is 0 Å². The number of esters is 1. The highest BCUT2D eigenvalue weighted by Crippen LogP contribution is 2.17. The average molecular weight is 274 g/mol. The Balaban J connectivity index is 2.42. The molecular formula is C13H17ClFNO2. The van der Waals surface area contributed by atoms with Crippen LogP contribution in [0.25, 0.3) is 0 Å². The number of carbonyl (C=O) groups excluding carboxylic acids is 1. The highest BCUT2D eigenvalue weighted by atomic mass is 35.5. The maximum absolute atomic E-state index is 13.0. The molecule has 0 aromatic heterocycles. The molecular weight excluding hydrogens is 257 g/mol. The van der Waals surface area contributed by atoms with Gasteiger partial charge in [-0.3, -0.25) is 4.79 Å². The van der Waals surface area contributed by atoms with Crippen LogP contribution in [-0.2, 0) is 16.0 Å². The van der Waals surface area contributed by atoms with Crippen LogP contribution in [0.15, 0.2) is 18.2 Å². The predicted octanol–water partition coefficient (Wildman–Crippen LogP) is 2.69. The van der Waals surface area contributed by atoms with Gasteiger partial charge in [-0.1, -0.05) is 17.7 Å². The van der Waals surface area contributed by atoms with Crippen molar-refractivity contribution in [2.24, 2.45) is 5.73 Å². The summed E-state index contributed by atoms with van der Waals surface area (Å²) in [6.07, 6.45) is 1.39. The minimum absolute atomic E-state index is 0.0880. The lowest BCUT2D eigenvalue weighted by Crippen LogP contribution is -2.24. The fourth-order valence-corrected chi connectivity index (χ4v) is 1.81. The van der Waals surface area contributed by atoms with E-state index < -0.39 is 5.82 Å². The number of halogens is 2. The number of hydrogen-bond acceptors (Lipinski definition) is 3. The first kappa shape index (κ1) is 14.9. The summed E-state index contributed by atoms with van der Waals surface area (Å²) in [5.41, 5.74) is 6.75. The molecule has 5 heteroatoms. The molecule has 2 N–H and O–H groups in total. The Morgan fingerprint density at radius 1 is 1.56 bits per heavy atom. The summed E-state index contributed by atoms with van der Waals surface area (Å²) in [4.78, 5) is 11.2. The van der Waals surface area contributed by atoms with E-state index in [1.807, 2.05) is 0 Å². The SMILES string of the molecule is CCOC(=O)CCC(N)Cc1ccc(F)c(Cl)c1. The van der Waals surface area contributed by atoms with E-state index in [-0.39, 0.29) is 17.0 Å². The predicted molar refractivity (Wildman–Crippen MR) is 69.0 cm³/mol. The summed E-state index contributed by atoms with van der Waals surface area (Å²) in [6, 6.07) is 4.35. The molecule has 0 saturated carbocycles. The molecule has 0 bridgehead atoms. The first-order valence-corrected chi connectivity index (χ1v) is 6.25. The molecule has 100 valence electrons. The van der Waals surface area contributed by atoms with Gasteiger partial charge in [0.25, 0.3) is 0 Å². The Morgan fingerprint density at radius 3 is 2.89 bits per heavy atom. The molecule has 1 unspecified atom stereocenters. The van der Waals surface area contributed by atoms with Crippen molar-refractivity contribution in [2.45, 2.75) is 32.2 Å². The van der Waals surface area contributed by atoms with Crippen LogP contribution in [-0.4, -0.2) is 18.6 Å². The zero-order chi connectivity index (χ0) is 13.5. The zero-order valence-corrected chi connectivity index (χ0v) is 11.0. The van der Waals surface area contributed by atoms with E-state index in [1.165, 1.54) is 6.07 Å². The van der Waals surface area contributed by atoms with Crippen LogP contribution in [0.2, 0.25) is 5.02 Å². The Hall–Kier alpha value is -1.13. The number of rotatable bonds is 6. The molecule has 18 heavy (non-hydrogen) atoms.